The van der Waals surface area contributed by atoms with Crippen LogP contribution in [0.3, 0.4) is 0 Å². The van der Waals surface area contributed by atoms with E-state index >= 15 is 0 Å². The zero-order valence-corrected chi connectivity index (χ0v) is 13.3. The van der Waals surface area contributed by atoms with Crippen molar-refractivity contribution >= 4 is 0 Å². The van der Waals surface area contributed by atoms with Crippen molar-refractivity contribution in [2.45, 2.75) is 104 Å². The van der Waals surface area contributed by atoms with Crippen LogP contribution in [0.1, 0.15) is 97.8 Å². The second-order valence-corrected chi connectivity index (χ2v) is 5.66. The van der Waals surface area contributed by atoms with Crippen LogP contribution in [0.4, 0.5) is 0 Å². The number of hydrogen-bond donors (Lipinski definition) is 1. The molecule has 0 aromatic carbocycles. The van der Waals surface area contributed by atoms with Crippen molar-refractivity contribution in [2.24, 2.45) is 0 Å². The van der Waals surface area contributed by atoms with Crippen molar-refractivity contribution < 1.29 is 0 Å². The van der Waals surface area contributed by atoms with Crippen LogP contribution in [0.25, 0.3) is 0 Å². The molecule has 0 saturated heterocycles. The molecule has 0 radical (unpaired) electrons. The summed E-state index contributed by atoms with van der Waals surface area (Å²) in [6, 6.07) is 0.787. The molecule has 0 amide bonds. The SMILES string of the molecule is CCCCCCCCCCC(CCCC)NCC. The average molecular weight is 255 g/mol. The first-order valence-electron chi connectivity index (χ1n) is 8.58. The summed E-state index contributed by atoms with van der Waals surface area (Å²) in [6.07, 6.45) is 17.0. The second-order valence-electron chi connectivity index (χ2n) is 5.66. The quantitative estimate of drug-likeness (QED) is 0.393. The van der Waals surface area contributed by atoms with Crippen molar-refractivity contribution in [2.75, 3.05) is 6.54 Å². The van der Waals surface area contributed by atoms with Gasteiger partial charge in [0.05, 0.1) is 0 Å². The summed E-state index contributed by atoms with van der Waals surface area (Å²) in [5, 5.41) is 3.64. The Morgan fingerprint density at radius 2 is 1.11 bits per heavy atom. The van der Waals surface area contributed by atoms with Crippen LogP contribution in [0, 0.1) is 0 Å². The summed E-state index contributed by atoms with van der Waals surface area (Å²) < 4.78 is 0. The van der Waals surface area contributed by atoms with Crippen molar-refractivity contribution in [1.82, 2.24) is 5.32 Å². The maximum absolute atomic E-state index is 3.64. The van der Waals surface area contributed by atoms with Crippen molar-refractivity contribution in [3.8, 4) is 0 Å². The Bertz CT molecular complexity index is 145. The largest absolute Gasteiger partial charge is 0.314 e. The maximum Gasteiger partial charge on any atom is 0.00669 e. The first-order valence-corrected chi connectivity index (χ1v) is 8.58. The number of rotatable bonds is 14. The van der Waals surface area contributed by atoms with Crippen LogP contribution in [0.15, 0.2) is 0 Å². The van der Waals surface area contributed by atoms with Gasteiger partial charge in [-0.05, 0) is 19.4 Å². The predicted molar refractivity (Wildman–Crippen MR) is 84.2 cm³/mol. The molecule has 1 nitrogen and oxygen atoms in total. The Hall–Kier alpha value is -0.0400. The monoisotopic (exact) mass is 255 g/mol. The molecule has 0 aromatic heterocycles. The Morgan fingerprint density at radius 3 is 1.67 bits per heavy atom. The van der Waals surface area contributed by atoms with E-state index in [0.29, 0.717) is 0 Å². The molecule has 1 heteroatoms. The minimum atomic E-state index is 0.787. The molecule has 0 bridgehead atoms. The molecule has 1 unspecified atom stereocenters. The van der Waals surface area contributed by atoms with Gasteiger partial charge in [0.1, 0.15) is 0 Å². The van der Waals surface area contributed by atoms with Gasteiger partial charge in [-0.2, -0.15) is 0 Å². The molecule has 0 rings (SSSR count). The zero-order valence-electron chi connectivity index (χ0n) is 13.3. The summed E-state index contributed by atoms with van der Waals surface area (Å²) in [6.45, 7) is 7.94. The van der Waals surface area contributed by atoms with Gasteiger partial charge in [-0.1, -0.05) is 85.0 Å². The normalized spacial score (nSPS) is 12.8. The third-order valence-electron chi connectivity index (χ3n) is 3.81. The summed E-state index contributed by atoms with van der Waals surface area (Å²) in [4.78, 5) is 0. The predicted octanol–water partition coefficient (Wildman–Crippen LogP) is 5.69. The Morgan fingerprint density at radius 1 is 0.611 bits per heavy atom. The van der Waals surface area contributed by atoms with E-state index in [0.717, 1.165) is 12.6 Å². The maximum atomic E-state index is 3.64. The molecule has 18 heavy (non-hydrogen) atoms. The molecule has 0 aromatic rings. The molecular formula is C17H37N. The van der Waals surface area contributed by atoms with Crippen molar-refractivity contribution in [3.05, 3.63) is 0 Å². The summed E-state index contributed by atoms with van der Waals surface area (Å²) in [5.41, 5.74) is 0. The summed E-state index contributed by atoms with van der Waals surface area (Å²) >= 11 is 0. The Kier molecular flexibility index (Phi) is 15.0. The van der Waals surface area contributed by atoms with Crippen LogP contribution >= 0.6 is 0 Å². The minimum Gasteiger partial charge on any atom is -0.314 e. The van der Waals surface area contributed by atoms with E-state index < -0.39 is 0 Å². The van der Waals surface area contributed by atoms with E-state index in [1.807, 2.05) is 0 Å². The molecule has 0 spiro atoms. The molecule has 110 valence electrons. The van der Waals surface area contributed by atoms with Crippen LogP contribution in [-0.4, -0.2) is 12.6 Å². The lowest BCUT2D eigenvalue weighted by atomic mass is 10.0. The summed E-state index contributed by atoms with van der Waals surface area (Å²) in [7, 11) is 0. The standard InChI is InChI=1S/C17H37N/c1-4-7-9-10-11-12-13-14-16-17(18-6-3)15-8-5-2/h17-18H,4-16H2,1-3H3. The Labute approximate surface area is 116 Å². The second kappa shape index (κ2) is 15.0. The van der Waals surface area contributed by atoms with Gasteiger partial charge in [-0.25, -0.2) is 0 Å². The average Bonchev–Trinajstić information content (AvgIpc) is 2.39. The van der Waals surface area contributed by atoms with Gasteiger partial charge in [0.25, 0.3) is 0 Å². The van der Waals surface area contributed by atoms with Crippen LogP contribution < -0.4 is 5.32 Å². The molecule has 0 heterocycles. The number of hydrogen-bond acceptors (Lipinski definition) is 1. The molecule has 0 fully saturated rings. The first-order chi connectivity index (χ1) is 8.85. The van der Waals surface area contributed by atoms with E-state index in [1.165, 1.54) is 77.0 Å². The zero-order chi connectivity index (χ0) is 13.5. The minimum absolute atomic E-state index is 0.787. The highest BCUT2D eigenvalue weighted by atomic mass is 14.9. The highest BCUT2D eigenvalue weighted by Gasteiger charge is 2.05. The van der Waals surface area contributed by atoms with Gasteiger partial charge in [0, 0.05) is 6.04 Å². The van der Waals surface area contributed by atoms with E-state index in [1.54, 1.807) is 0 Å². The van der Waals surface area contributed by atoms with Crippen molar-refractivity contribution in [3.63, 3.8) is 0 Å². The molecule has 0 aliphatic heterocycles. The molecular weight excluding hydrogens is 218 g/mol. The van der Waals surface area contributed by atoms with Crippen molar-refractivity contribution in [1.29, 1.82) is 0 Å². The van der Waals surface area contributed by atoms with Gasteiger partial charge in [-0.15, -0.1) is 0 Å². The number of nitrogens with one attached hydrogen (secondary N) is 1. The lowest BCUT2D eigenvalue weighted by molar-refractivity contribution is 0.427. The third-order valence-corrected chi connectivity index (χ3v) is 3.81. The van der Waals surface area contributed by atoms with Crippen LogP contribution in [0.5, 0.6) is 0 Å². The van der Waals surface area contributed by atoms with E-state index in [-0.39, 0.29) is 0 Å². The summed E-state index contributed by atoms with van der Waals surface area (Å²) in [5.74, 6) is 0. The molecule has 1 N–H and O–H groups in total. The van der Waals surface area contributed by atoms with Gasteiger partial charge in [0.15, 0.2) is 0 Å². The molecule has 1 atom stereocenters. The fraction of sp³-hybridized carbons (Fsp3) is 1.00. The lowest BCUT2D eigenvalue weighted by Gasteiger charge is -2.17. The Balaban J connectivity index is 3.31. The first kappa shape index (κ1) is 18.0. The highest BCUT2D eigenvalue weighted by Crippen LogP contribution is 2.13. The van der Waals surface area contributed by atoms with Gasteiger partial charge in [0.2, 0.25) is 0 Å². The van der Waals surface area contributed by atoms with Crippen LogP contribution in [0.2, 0.25) is 0 Å². The van der Waals surface area contributed by atoms with Gasteiger partial charge in [-0.3, -0.25) is 0 Å². The molecule has 0 saturated carbocycles. The highest BCUT2D eigenvalue weighted by molar-refractivity contribution is 4.65. The van der Waals surface area contributed by atoms with Gasteiger partial charge < -0.3 is 5.32 Å². The fourth-order valence-corrected chi connectivity index (χ4v) is 2.61. The van der Waals surface area contributed by atoms with E-state index in [9.17, 15) is 0 Å². The smallest absolute Gasteiger partial charge is 0.00669 e. The molecule has 0 aliphatic rings. The molecule has 0 aliphatic carbocycles. The third kappa shape index (κ3) is 12.4. The topological polar surface area (TPSA) is 12.0 Å². The van der Waals surface area contributed by atoms with Crippen LogP contribution in [-0.2, 0) is 0 Å². The van der Waals surface area contributed by atoms with E-state index in [4.69, 9.17) is 0 Å². The van der Waals surface area contributed by atoms with Gasteiger partial charge >= 0.3 is 0 Å². The number of unbranched alkanes of at least 4 members (excludes halogenated alkanes) is 8. The fourth-order valence-electron chi connectivity index (χ4n) is 2.61. The lowest BCUT2D eigenvalue weighted by Crippen LogP contribution is -2.28. The van der Waals surface area contributed by atoms with E-state index in [2.05, 4.69) is 26.1 Å².